The first-order chi connectivity index (χ1) is 18.4. The molecule has 3 N–H and O–H groups in total. The Kier molecular flexibility index (Phi) is 9.64. The van der Waals surface area contributed by atoms with Crippen LogP contribution in [0.15, 0.2) is 71.6 Å². The zero-order valence-electron chi connectivity index (χ0n) is 21.5. The second-order valence-electron chi connectivity index (χ2n) is 8.64. The molecule has 0 unspecified atom stereocenters. The third-order valence-corrected chi connectivity index (χ3v) is 6.53. The van der Waals surface area contributed by atoms with Crippen LogP contribution in [0.5, 0.6) is 5.75 Å². The number of methoxy groups -OCH3 is 1. The summed E-state index contributed by atoms with van der Waals surface area (Å²) in [5, 5.41) is 6.74. The molecule has 0 aliphatic carbocycles. The van der Waals surface area contributed by atoms with Crippen LogP contribution in [0.25, 0.3) is 11.0 Å². The van der Waals surface area contributed by atoms with E-state index < -0.39 is 0 Å². The number of nitrogens with zero attached hydrogens (tertiary/aromatic N) is 2. The Morgan fingerprint density at radius 1 is 1.00 bits per heavy atom. The average Bonchev–Trinajstić information content (AvgIpc) is 2.92. The highest BCUT2D eigenvalue weighted by atomic mass is 35.5. The van der Waals surface area contributed by atoms with Gasteiger partial charge in [-0.05, 0) is 74.7 Å². The van der Waals surface area contributed by atoms with Gasteiger partial charge in [0, 0.05) is 29.7 Å². The molecule has 198 valence electrons. The van der Waals surface area contributed by atoms with Crippen LogP contribution in [0, 0.1) is 0 Å². The number of benzene rings is 3. The lowest BCUT2D eigenvalue weighted by Gasteiger charge is -2.14. The van der Waals surface area contributed by atoms with Crippen LogP contribution >= 0.6 is 23.5 Å². The molecule has 1 aromatic heterocycles. The molecule has 0 aliphatic heterocycles. The summed E-state index contributed by atoms with van der Waals surface area (Å²) < 4.78 is 14.1. The minimum absolute atomic E-state index is 0.127. The van der Waals surface area contributed by atoms with Crippen molar-refractivity contribution in [2.24, 2.45) is 0 Å². The van der Waals surface area contributed by atoms with E-state index >= 15 is 0 Å². The van der Waals surface area contributed by atoms with Crippen molar-refractivity contribution in [2.75, 3.05) is 30.3 Å². The number of para-hydroxylation sites is 2. The molecule has 38 heavy (non-hydrogen) atoms. The van der Waals surface area contributed by atoms with Gasteiger partial charge in [0.2, 0.25) is 0 Å². The van der Waals surface area contributed by atoms with Crippen molar-refractivity contribution in [1.82, 2.24) is 15.3 Å². The van der Waals surface area contributed by atoms with Crippen LogP contribution < -0.4 is 20.1 Å². The fourth-order valence-corrected chi connectivity index (χ4v) is 4.37. The Balaban J connectivity index is 1.49. The summed E-state index contributed by atoms with van der Waals surface area (Å²) in [5.41, 5.74) is 2.70. The van der Waals surface area contributed by atoms with Crippen molar-refractivity contribution in [2.45, 2.75) is 31.3 Å². The first-order valence-electron chi connectivity index (χ1n) is 12.2. The van der Waals surface area contributed by atoms with Gasteiger partial charge in [0.25, 0.3) is 5.91 Å². The standard InChI is InChI=1S/C28H30ClN5O3S/c1-18(2)37-15-7-14-30-28(35)19-8-6-9-21(16-19)38-34-27-26(31-23-10-4-5-11-24(23)32-27)33-25-17-20(36-3)12-13-22(25)29/h4-6,8-13,16-18H,7,14-15H2,1-3H3,(H,30,35)(H,31,33)(H,32,34). The summed E-state index contributed by atoms with van der Waals surface area (Å²) in [7, 11) is 1.60. The van der Waals surface area contributed by atoms with Crippen LogP contribution in [0.2, 0.25) is 5.02 Å². The fourth-order valence-electron chi connectivity index (χ4n) is 3.52. The Morgan fingerprint density at radius 2 is 1.76 bits per heavy atom. The number of amides is 1. The number of fused-ring (bicyclic) bond motifs is 1. The lowest BCUT2D eigenvalue weighted by molar-refractivity contribution is 0.0757. The molecule has 4 rings (SSSR count). The number of carbonyl (C=O) groups excluding carboxylic acids is 1. The van der Waals surface area contributed by atoms with E-state index in [1.807, 2.05) is 56.3 Å². The highest BCUT2D eigenvalue weighted by Crippen LogP contribution is 2.33. The number of rotatable bonds is 12. The van der Waals surface area contributed by atoms with E-state index in [0.29, 0.717) is 46.8 Å². The molecule has 10 heteroatoms. The largest absolute Gasteiger partial charge is 0.497 e. The maximum Gasteiger partial charge on any atom is 0.251 e. The van der Waals surface area contributed by atoms with Crippen molar-refractivity contribution in [3.05, 3.63) is 77.3 Å². The van der Waals surface area contributed by atoms with E-state index in [1.165, 1.54) is 11.9 Å². The van der Waals surface area contributed by atoms with E-state index in [-0.39, 0.29) is 12.0 Å². The van der Waals surface area contributed by atoms with Gasteiger partial charge in [-0.15, -0.1) is 0 Å². The number of hydrogen-bond acceptors (Lipinski definition) is 8. The molecule has 1 heterocycles. The van der Waals surface area contributed by atoms with Crippen molar-refractivity contribution in [3.8, 4) is 5.75 Å². The van der Waals surface area contributed by atoms with Gasteiger partial charge < -0.3 is 24.8 Å². The molecule has 4 aromatic rings. The van der Waals surface area contributed by atoms with Crippen molar-refractivity contribution >= 4 is 57.8 Å². The molecule has 0 saturated carbocycles. The number of aromatic nitrogens is 2. The third kappa shape index (κ3) is 7.50. The van der Waals surface area contributed by atoms with Crippen LogP contribution in [-0.4, -0.2) is 42.2 Å². The molecule has 0 bridgehead atoms. The van der Waals surface area contributed by atoms with Crippen LogP contribution in [0.4, 0.5) is 17.3 Å². The highest BCUT2D eigenvalue weighted by molar-refractivity contribution is 8.00. The zero-order valence-corrected chi connectivity index (χ0v) is 23.0. The smallest absolute Gasteiger partial charge is 0.251 e. The minimum Gasteiger partial charge on any atom is -0.497 e. The number of nitrogens with one attached hydrogen (secondary N) is 3. The van der Waals surface area contributed by atoms with Crippen LogP contribution in [-0.2, 0) is 4.74 Å². The quantitative estimate of drug-likeness (QED) is 0.132. The number of anilines is 3. The molecule has 0 atom stereocenters. The Hall–Kier alpha value is -3.53. The third-order valence-electron chi connectivity index (χ3n) is 5.42. The Bertz CT molecular complexity index is 1400. The van der Waals surface area contributed by atoms with Crippen molar-refractivity contribution < 1.29 is 14.3 Å². The molecule has 0 saturated heterocycles. The van der Waals surface area contributed by atoms with Gasteiger partial charge in [0.1, 0.15) is 5.75 Å². The number of carbonyl (C=O) groups is 1. The first kappa shape index (κ1) is 27.5. The van der Waals surface area contributed by atoms with Gasteiger partial charge in [-0.1, -0.05) is 29.8 Å². The van der Waals surface area contributed by atoms with E-state index in [9.17, 15) is 4.79 Å². The predicted molar refractivity (Wildman–Crippen MR) is 155 cm³/mol. The molecule has 0 fully saturated rings. The predicted octanol–water partition coefficient (Wildman–Crippen LogP) is 6.70. The van der Waals surface area contributed by atoms with E-state index in [4.69, 9.17) is 31.0 Å². The number of ether oxygens (including phenoxy) is 2. The SMILES string of the molecule is COc1ccc(Cl)c(Nc2nc3ccccc3nc2NSc2cccc(C(=O)NCCCOC(C)C)c2)c1. The summed E-state index contributed by atoms with van der Waals surface area (Å²) in [6.45, 7) is 5.15. The number of hydrogen-bond donors (Lipinski definition) is 3. The molecule has 0 spiro atoms. The van der Waals surface area contributed by atoms with Gasteiger partial charge in [-0.25, -0.2) is 9.97 Å². The number of halogens is 1. The van der Waals surface area contributed by atoms with Gasteiger partial charge in [0.05, 0.1) is 35.0 Å². The molecule has 0 radical (unpaired) electrons. The molecule has 8 nitrogen and oxygen atoms in total. The second kappa shape index (κ2) is 13.3. The molecular weight excluding hydrogens is 522 g/mol. The molecular formula is C28H30ClN5O3S. The lowest BCUT2D eigenvalue weighted by atomic mass is 10.2. The Morgan fingerprint density at radius 3 is 2.50 bits per heavy atom. The highest BCUT2D eigenvalue weighted by Gasteiger charge is 2.13. The van der Waals surface area contributed by atoms with E-state index in [1.54, 1.807) is 31.4 Å². The lowest BCUT2D eigenvalue weighted by Crippen LogP contribution is -2.25. The Labute approximate surface area is 231 Å². The van der Waals surface area contributed by atoms with E-state index in [0.717, 1.165) is 22.3 Å². The molecule has 0 aliphatic rings. The van der Waals surface area contributed by atoms with Gasteiger partial charge in [-0.2, -0.15) is 0 Å². The van der Waals surface area contributed by atoms with Gasteiger partial charge >= 0.3 is 0 Å². The summed E-state index contributed by atoms with van der Waals surface area (Å²) in [5.74, 6) is 1.56. The van der Waals surface area contributed by atoms with Crippen LogP contribution in [0.3, 0.4) is 0 Å². The molecule has 3 aromatic carbocycles. The van der Waals surface area contributed by atoms with Gasteiger partial charge in [-0.3, -0.25) is 4.79 Å². The summed E-state index contributed by atoms with van der Waals surface area (Å²) in [6, 6.07) is 20.4. The molecule has 1 amide bonds. The monoisotopic (exact) mass is 551 g/mol. The summed E-state index contributed by atoms with van der Waals surface area (Å²) in [4.78, 5) is 23.0. The topological polar surface area (TPSA) is 97.4 Å². The maximum atomic E-state index is 12.6. The fraction of sp³-hybridized carbons (Fsp3) is 0.250. The second-order valence-corrected chi connectivity index (χ2v) is 9.93. The van der Waals surface area contributed by atoms with Gasteiger partial charge in [0.15, 0.2) is 11.6 Å². The normalized spacial score (nSPS) is 11.0. The van der Waals surface area contributed by atoms with E-state index in [2.05, 4.69) is 15.4 Å². The van der Waals surface area contributed by atoms with Crippen molar-refractivity contribution in [3.63, 3.8) is 0 Å². The first-order valence-corrected chi connectivity index (χ1v) is 13.4. The van der Waals surface area contributed by atoms with Crippen molar-refractivity contribution in [1.29, 1.82) is 0 Å². The zero-order chi connectivity index (χ0) is 26.9. The maximum absolute atomic E-state index is 12.6. The average molecular weight is 552 g/mol. The minimum atomic E-state index is -0.127. The summed E-state index contributed by atoms with van der Waals surface area (Å²) in [6.07, 6.45) is 0.940. The van der Waals surface area contributed by atoms with Crippen LogP contribution in [0.1, 0.15) is 30.6 Å². The summed E-state index contributed by atoms with van der Waals surface area (Å²) >= 11 is 7.76.